The quantitative estimate of drug-likeness (QED) is 0.425. The van der Waals surface area contributed by atoms with E-state index in [9.17, 15) is 18.0 Å². The molecule has 0 saturated heterocycles. The van der Waals surface area contributed by atoms with Crippen LogP contribution in [-0.2, 0) is 6.18 Å². The Morgan fingerprint density at radius 3 is 2.34 bits per heavy atom. The Hall–Kier alpha value is -3.66. The van der Waals surface area contributed by atoms with E-state index in [2.05, 4.69) is 20.9 Å². The third-order valence-electron chi connectivity index (χ3n) is 4.08. The van der Waals surface area contributed by atoms with Gasteiger partial charge in [0.25, 0.3) is 5.91 Å². The lowest BCUT2D eigenvalue weighted by Gasteiger charge is -2.13. The Kier molecular flexibility index (Phi) is 7.26. The number of alkyl halides is 3. The minimum absolute atomic E-state index is 0.115. The van der Waals surface area contributed by atoms with Crippen molar-refractivity contribution >= 4 is 34.6 Å². The first-order valence-electron chi connectivity index (χ1n) is 9.52. The molecule has 0 radical (unpaired) electrons. The highest BCUT2D eigenvalue weighted by Gasteiger charge is 2.30. The molecule has 0 spiro atoms. The third-order valence-corrected chi connectivity index (χ3v) is 4.28. The van der Waals surface area contributed by atoms with Crippen LogP contribution in [0.1, 0.15) is 23.0 Å². The number of ether oxygens (including phenoxy) is 1. The standard InChI is InChI=1S/C22H19F3N4O2S/c1-2-26-20(30)19-13-18(9-10-27-19)31-17-8-4-7-16(12-17)29-21(32)28-15-6-3-5-14(11-15)22(23,24)25/h3-13H,2H2,1H3,(H,26,30)(H2,28,29,32). The summed E-state index contributed by atoms with van der Waals surface area (Å²) in [7, 11) is 0. The van der Waals surface area contributed by atoms with Crippen molar-refractivity contribution in [3.05, 3.63) is 78.1 Å². The number of anilines is 2. The molecule has 0 aliphatic heterocycles. The summed E-state index contributed by atoms with van der Waals surface area (Å²) in [6, 6.07) is 14.7. The average Bonchev–Trinajstić information content (AvgIpc) is 2.74. The second kappa shape index (κ2) is 10.1. The van der Waals surface area contributed by atoms with Crippen molar-refractivity contribution in [3.8, 4) is 11.5 Å². The molecule has 1 heterocycles. The molecule has 1 aromatic heterocycles. The fourth-order valence-electron chi connectivity index (χ4n) is 2.69. The SMILES string of the molecule is CCNC(=O)c1cc(Oc2cccc(NC(=S)Nc3cccc(C(F)(F)F)c3)c2)ccn1. The Labute approximate surface area is 187 Å². The van der Waals surface area contributed by atoms with Gasteiger partial charge in [0.05, 0.1) is 5.56 Å². The van der Waals surface area contributed by atoms with Crippen molar-refractivity contribution < 1.29 is 22.7 Å². The highest BCUT2D eigenvalue weighted by molar-refractivity contribution is 7.80. The first kappa shape index (κ1) is 23.0. The van der Waals surface area contributed by atoms with E-state index in [0.29, 0.717) is 23.7 Å². The molecule has 0 aliphatic rings. The number of nitrogens with zero attached hydrogens (tertiary/aromatic N) is 1. The molecular weight excluding hydrogens is 441 g/mol. The predicted molar refractivity (Wildman–Crippen MR) is 120 cm³/mol. The van der Waals surface area contributed by atoms with E-state index in [-0.39, 0.29) is 22.4 Å². The zero-order valence-corrected chi connectivity index (χ0v) is 17.7. The fraction of sp³-hybridized carbons (Fsp3) is 0.136. The smallest absolute Gasteiger partial charge is 0.416 e. The highest BCUT2D eigenvalue weighted by atomic mass is 32.1. The lowest BCUT2D eigenvalue weighted by molar-refractivity contribution is -0.137. The molecule has 6 nitrogen and oxygen atoms in total. The maximum Gasteiger partial charge on any atom is 0.416 e. The molecule has 3 N–H and O–H groups in total. The molecule has 0 saturated carbocycles. The number of thiocarbonyl (C=S) groups is 1. The number of carbonyl (C=O) groups excluding carboxylic acids is 1. The van der Waals surface area contributed by atoms with Gasteiger partial charge in [0.1, 0.15) is 17.2 Å². The van der Waals surface area contributed by atoms with Crippen molar-refractivity contribution in [2.75, 3.05) is 17.2 Å². The number of benzene rings is 2. The second-order valence-corrected chi connectivity index (χ2v) is 6.93. The van der Waals surface area contributed by atoms with E-state index in [1.54, 1.807) is 30.3 Å². The van der Waals surface area contributed by atoms with Gasteiger partial charge in [0.2, 0.25) is 0 Å². The Balaban J connectivity index is 1.66. The van der Waals surface area contributed by atoms with Crippen molar-refractivity contribution in [2.45, 2.75) is 13.1 Å². The van der Waals surface area contributed by atoms with Gasteiger partial charge in [-0.1, -0.05) is 12.1 Å². The predicted octanol–water partition coefficient (Wildman–Crippen LogP) is 5.45. The first-order valence-corrected chi connectivity index (χ1v) is 9.93. The van der Waals surface area contributed by atoms with Gasteiger partial charge in [-0.3, -0.25) is 9.78 Å². The van der Waals surface area contributed by atoms with Gasteiger partial charge in [-0.2, -0.15) is 13.2 Å². The van der Waals surface area contributed by atoms with Crippen LogP contribution in [-0.4, -0.2) is 22.5 Å². The summed E-state index contributed by atoms with van der Waals surface area (Å²) in [6.07, 6.45) is -2.97. The number of pyridine rings is 1. The maximum absolute atomic E-state index is 12.9. The van der Waals surface area contributed by atoms with Crippen LogP contribution >= 0.6 is 12.2 Å². The Morgan fingerprint density at radius 1 is 1.00 bits per heavy atom. The zero-order valence-electron chi connectivity index (χ0n) is 16.9. The minimum Gasteiger partial charge on any atom is -0.457 e. The summed E-state index contributed by atoms with van der Waals surface area (Å²) < 4.78 is 44.4. The molecule has 3 aromatic rings. The van der Waals surface area contributed by atoms with Crippen molar-refractivity contribution in [3.63, 3.8) is 0 Å². The monoisotopic (exact) mass is 460 g/mol. The summed E-state index contributed by atoms with van der Waals surface area (Å²) >= 11 is 5.20. The number of rotatable bonds is 6. The molecule has 3 rings (SSSR count). The van der Waals surface area contributed by atoms with E-state index >= 15 is 0 Å². The van der Waals surface area contributed by atoms with Gasteiger partial charge in [0, 0.05) is 36.2 Å². The van der Waals surface area contributed by atoms with Gasteiger partial charge in [-0.25, -0.2) is 0 Å². The van der Waals surface area contributed by atoms with Crippen LogP contribution in [0.5, 0.6) is 11.5 Å². The molecule has 10 heteroatoms. The number of hydrogen-bond donors (Lipinski definition) is 3. The van der Waals surface area contributed by atoms with Gasteiger partial charge >= 0.3 is 6.18 Å². The van der Waals surface area contributed by atoms with Gasteiger partial charge in [0.15, 0.2) is 5.11 Å². The highest BCUT2D eigenvalue weighted by Crippen LogP contribution is 2.31. The fourth-order valence-corrected chi connectivity index (χ4v) is 2.93. The topological polar surface area (TPSA) is 75.3 Å². The van der Waals surface area contributed by atoms with E-state index in [1.807, 2.05) is 6.92 Å². The summed E-state index contributed by atoms with van der Waals surface area (Å²) in [4.78, 5) is 15.9. The summed E-state index contributed by atoms with van der Waals surface area (Å²) in [5.74, 6) is 0.576. The molecule has 2 aromatic carbocycles. The zero-order chi connectivity index (χ0) is 23.1. The molecule has 32 heavy (non-hydrogen) atoms. The van der Waals surface area contributed by atoms with E-state index in [1.165, 1.54) is 24.4 Å². The lowest BCUT2D eigenvalue weighted by Crippen LogP contribution is -2.23. The van der Waals surface area contributed by atoms with Crippen LogP contribution < -0.4 is 20.7 Å². The molecule has 0 unspecified atom stereocenters. The number of aromatic nitrogens is 1. The number of amides is 1. The van der Waals surface area contributed by atoms with Crippen molar-refractivity contribution in [1.82, 2.24) is 10.3 Å². The Morgan fingerprint density at radius 2 is 1.66 bits per heavy atom. The number of halogens is 3. The summed E-state index contributed by atoms with van der Waals surface area (Å²) in [5.41, 5.74) is 0.222. The van der Waals surface area contributed by atoms with E-state index in [4.69, 9.17) is 17.0 Å². The molecule has 166 valence electrons. The largest absolute Gasteiger partial charge is 0.457 e. The van der Waals surface area contributed by atoms with Crippen molar-refractivity contribution in [2.24, 2.45) is 0 Å². The van der Waals surface area contributed by atoms with Crippen LogP contribution in [0.3, 0.4) is 0 Å². The van der Waals surface area contributed by atoms with Crippen LogP contribution in [0, 0.1) is 0 Å². The van der Waals surface area contributed by atoms with Crippen LogP contribution in [0.15, 0.2) is 66.9 Å². The van der Waals surface area contributed by atoms with Gasteiger partial charge in [-0.05, 0) is 55.5 Å². The van der Waals surface area contributed by atoms with E-state index in [0.717, 1.165) is 12.1 Å². The van der Waals surface area contributed by atoms with Gasteiger partial charge < -0.3 is 20.7 Å². The van der Waals surface area contributed by atoms with Crippen LogP contribution in [0.4, 0.5) is 24.5 Å². The minimum atomic E-state index is -4.44. The maximum atomic E-state index is 12.9. The molecule has 0 bridgehead atoms. The van der Waals surface area contributed by atoms with Crippen molar-refractivity contribution in [1.29, 1.82) is 0 Å². The molecular formula is C22H19F3N4O2S. The normalized spacial score (nSPS) is 10.9. The van der Waals surface area contributed by atoms with E-state index < -0.39 is 11.7 Å². The average molecular weight is 460 g/mol. The molecule has 0 atom stereocenters. The Bertz CT molecular complexity index is 1120. The number of hydrogen-bond acceptors (Lipinski definition) is 4. The number of nitrogens with one attached hydrogen (secondary N) is 3. The molecule has 0 aliphatic carbocycles. The number of carbonyl (C=O) groups is 1. The molecule has 0 fully saturated rings. The summed E-state index contributed by atoms with van der Waals surface area (Å²) in [5, 5.41) is 8.41. The molecule has 1 amide bonds. The van der Waals surface area contributed by atoms with Gasteiger partial charge in [-0.15, -0.1) is 0 Å². The van der Waals surface area contributed by atoms with Crippen LogP contribution in [0.25, 0.3) is 0 Å². The second-order valence-electron chi connectivity index (χ2n) is 6.52. The summed E-state index contributed by atoms with van der Waals surface area (Å²) in [6.45, 7) is 2.29. The van der Waals surface area contributed by atoms with Crippen LogP contribution in [0.2, 0.25) is 0 Å². The third kappa shape index (κ3) is 6.42. The lowest BCUT2D eigenvalue weighted by atomic mass is 10.2. The first-order chi connectivity index (χ1) is 15.2.